The van der Waals surface area contributed by atoms with Crippen LogP contribution in [-0.2, 0) is 27.8 Å². The number of carbonyl (C=O) groups is 2. The third-order valence-corrected chi connectivity index (χ3v) is 8.39. The van der Waals surface area contributed by atoms with Gasteiger partial charge in [-0.15, -0.1) is 11.3 Å². The summed E-state index contributed by atoms with van der Waals surface area (Å²) in [5, 5.41) is 2.36. The Balaban J connectivity index is 1.38. The van der Waals surface area contributed by atoms with E-state index in [9.17, 15) is 26.8 Å². The van der Waals surface area contributed by atoms with Crippen LogP contribution in [0, 0.1) is 11.6 Å². The third kappa shape index (κ3) is 5.66. The van der Waals surface area contributed by atoms with Gasteiger partial charge < -0.3 is 10.2 Å². The minimum atomic E-state index is -4.36. The molecule has 3 amide bonds. The minimum Gasteiger partial charge on any atom is -0.325 e. The van der Waals surface area contributed by atoms with E-state index in [1.165, 1.54) is 29.5 Å². The molecule has 1 aliphatic rings. The number of hydrogen-bond acceptors (Lipinski definition) is 7. The van der Waals surface area contributed by atoms with Gasteiger partial charge >= 0.3 is 16.2 Å². The Morgan fingerprint density at radius 3 is 2.67 bits per heavy atom. The van der Waals surface area contributed by atoms with Crippen molar-refractivity contribution in [2.45, 2.75) is 18.9 Å². The van der Waals surface area contributed by atoms with Crippen LogP contribution >= 0.6 is 11.3 Å². The van der Waals surface area contributed by atoms with Crippen molar-refractivity contribution in [1.82, 2.24) is 20.0 Å². The number of halogens is 2. The molecule has 0 saturated carbocycles. The van der Waals surface area contributed by atoms with Crippen LogP contribution < -0.4 is 19.2 Å². The Bertz CT molecular complexity index is 1660. The second-order valence-electron chi connectivity index (χ2n) is 8.82. The van der Waals surface area contributed by atoms with Crippen LogP contribution in [-0.4, -0.2) is 50.0 Å². The number of likely N-dealkylation sites (N-methyl/N-ethyl adjacent to an activating group) is 1. The molecule has 14 heteroatoms. The molecule has 2 aromatic carbocycles. The van der Waals surface area contributed by atoms with Gasteiger partial charge in [-0.1, -0.05) is 6.07 Å². The SMILES string of the molecule is CN(C(=O)[C@H](Cc1cc(F)cc(F)c1)NC(=O)NS(=O)(=O)N1CCc2cccnc21)c1ccc2scnc2c1. The van der Waals surface area contributed by atoms with Gasteiger partial charge in [-0.05, 0) is 53.9 Å². The standard InChI is InChI=1S/C25H22F2N6O4S2/c1-32(19-4-5-22-20(13-19)29-14-38-22)24(34)21(11-15-9-17(26)12-18(27)10-15)30-25(35)31-39(36,37)33-8-6-16-3-2-7-28-23(16)33/h2-5,7,9-10,12-14,21H,6,8,11H2,1H3,(H2,30,31,35)/t21-/m0/s1. The molecule has 0 saturated heterocycles. The fourth-order valence-corrected chi connectivity index (χ4v) is 6.14. The van der Waals surface area contributed by atoms with Crippen molar-refractivity contribution in [2.24, 2.45) is 0 Å². The molecule has 0 fully saturated rings. The van der Waals surface area contributed by atoms with E-state index in [0.717, 1.165) is 21.1 Å². The summed E-state index contributed by atoms with van der Waals surface area (Å²) in [6.07, 6.45) is 1.56. The second-order valence-corrected chi connectivity index (χ2v) is 11.3. The molecule has 0 unspecified atom stereocenters. The van der Waals surface area contributed by atoms with E-state index in [0.29, 0.717) is 29.3 Å². The Hall–Kier alpha value is -4.17. The average Bonchev–Trinajstić information content (AvgIpc) is 3.53. The molecule has 0 aliphatic carbocycles. The number of nitrogens with one attached hydrogen (secondary N) is 2. The summed E-state index contributed by atoms with van der Waals surface area (Å²) in [6.45, 7) is 0.0850. The molecule has 0 spiro atoms. The molecular weight excluding hydrogens is 550 g/mol. The maximum atomic E-state index is 13.9. The highest BCUT2D eigenvalue weighted by Gasteiger charge is 2.33. The Morgan fingerprint density at radius 2 is 1.90 bits per heavy atom. The van der Waals surface area contributed by atoms with Crippen molar-refractivity contribution in [1.29, 1.82) is 0 Å². The van der Waals surface area contributed by atoms with Crippen LogP contribution in [0.15, 0.2) is 60.2 Å². The number of benzene rings is 2. The summed E-state index contributed by atoms with van der Waals surface area (Å²) in [4.78, 5) is 36.0. The van der Waals surface area contributed by atoms with Gasteiger partial charge in [0.2, 0.25) is 5.91 Å². The summed E-state index contributed by atoms with van der Waals surface area (Å²) in [7, 11) is -2.89. The molecule has 1 atom stereocenters. The van der Waals surface area contributed by atoms with Gasteiger partial charge in [0.05, 0.1) is 15.7 Å². The number of fused-ring (bicyclic) bond motifs is 2. The zero-order chi connectivity index (χ0) is 27.7. The van der Waals surface area contributed by atoms with Gasteiger partial charge in [0.1, 0.15) is 23.5 Å². The molecule has 0 bridgehead atoms. The van der Waals surface area contributed by atoms with Crippen molar-refractivity contribution in [3.05, 3.63) is 83.0 Å². The van der Waals surface area contributed by atoms with Gasteiger partial charge in [0.15, 0.2) is 0 Å². The first kappa shape index (κ1) is 26.4. The second kappa shape index (κ2) is 10.5. The van der Waals surface area contributed by atoms with E-state index >= 15 is 0 Å². The molecule has 10 nitrogen and oxygen atoms in total. The van der Waals surface area contributed by atoms with Crippen molar-refractivity contribution in [3.63, 3.8) is 0 Å². The fraction of sp³-hybridized carbons (Fsp3) is 0.200. The monoisotopic (exact) mass is 572 g/mol. The van der Waals surface area contributed by atoms with Crippen LogP contribution in [0.2, 0.25) is 0 Å². The molecule has 202 valence electrons. The summed E-state index contributed by atoms with van der Waals surface area (Å²) in [5.41, 5.74) is 3.59. The number of carbonyl (C=O) groups excluding carboxylic acids is 2. The van der Waals surface area contributed by atoms with E-state index in [-0.39, 0.29) is 24.3 Å². The van der Waals surface area contributed by atoms with Gasteiger partial charge in [0, 0.05) is 38.0 Å². The number of aromatic nitrogens is 2. The van der Waals surface area contributed by atoms with Crippen molar-refractivity contribution in [3.8, 4) is 0 Å². The maximum Gasteiger partial charge on any atom is 0.330 e. The van der Waals surface area contributed by atoms with Crippen LogP contribution in [0.25, 0.3) is 10.2 Å². The predicted octanol–water partition coefficient (Wildman–Crippen LogP) is 3.15. The minimum absolute atomic E-state index is 0.0850. The third-order valence-electron chi connectivity index (χ3n) is 6.20. The normalized spacial score (nSPS) is 13.7. The summed E-state index contributed by atoms with van der Waals surface area (Å²) >= 11 is 1.43. The largest absolute Gasteiger partial charge is 0.330 e. The van der Waals surface area contributed by atoms with E-state index in [1.54, 1.807) is 35.8 Å². The molecular formula is C25H22F2N6O4S2. The molecule has 0 radical (unpaired) electrons. The van der Waals surface area contributed by atoms with Crippen molar-refractivity contribution >= 4 is 55.2 Å². The predicted molar refractivity (Wildman–Crippen MR) is 143 cm³/mol. The Labute approximate surface area is 226 Å². The highest BCUT2D eigenvalue weighted by molar-refractivity contribution is 7.91. The lowest BCUT2D eigenvalue weighted by molar-refractivity contribution is -0.120. The van der Waals surface area contributed by atoms with Gasteiger partial charge in [-0.2, -0.15) is 8.42 Å². The molecule has 4 aromatic rings. The molecule has 39 heavy (non-hydrogen) atoms. The van der Waals surface area contributed by atoms with E-state index in [4.69, 9.17) is 0 Å². The lowest BCUT2D eigenvalue weighted by Crippen LogP contribution is -2.54. The average molecular weight is 573 g/mol. The number of hydrogen-bond donors (Lipinski definition) is 2. The fourth-order valence-electron chi connectivity index (χ4n) is 4.35. The van der Waals surface area contributed by atoms with E-state index in [1.807, 2.05) is 4.72 Å². The highest BCUT2D eigenvalue weighted by atomic mass is 32.2. The first-order valence-electron chi connectivity index (χ1n) is 11.7. The number of anilines is 2. The van der Waals surface area contributed by atoms with Crippen LogP contribution in [0.5, 0.6) is 0 Å². The first-order chi connectivity index (χ1) is 18.6. The van der Waals surface area contributed by atoms with Gasteiger partial charge in [0.25, 0.3) is 0 Å². The van der Waals surface area contributed by atoms with E-state index in [2.05, 4.69) is 15.3 Å². The van der Waals surface area contributed by atoms with Crippen molar-refractivity contribution in [2.75, 3.05) is 22.8 Å². The smallest absolute Gasteiger partial charge is 0.325 e. The summed E-state index contributed by atoms with van der Waals surface area (Å²) in [6, 6.07) is 8.79. The number of pyridine rings is 1. The maximum absolute atomic E-state index is 13.9. The number of urea groups is 1. The molecule has 1 aliphatic heterocycles. The zero-order valence-corrected chi connectivity index (χ0v) is 22.1. The van der Waals surface area contributed by atoms with Crippen LogP contribution in [0.1, 0.15) is 11.1 Å². The first-order valence-corrected chi connectivity index (χ1v) is 14.0. The Morgan fingerprint density at radius 1 is 1.13 bits per heavy atom. The number of nitrogens with zero attached hydrogens (tertiary/aromatic N) is 4. The zero-order valence-electron chi connectivity index (χ0n) is 20.5. The Kier molecular flexibility index (Phi) is 7.14. The number of rotatable bonds is 7. The van der Waals surface area contributed by atoms with Gasteiger partial charge in [-0.25, -0.2) is 32.6 Å². The van der Waals surface area contributed by atoms with Crippen LogP contribution in [0.3, 0.4) is 0 Å². The quantitative estimate of drug-likeness (QED) is 0.351. The van der Waals surface area contributed by atoms with Gasteiger partial charge in [-0.3, -0.25) is 4.79 Å². The highest BCUT2D eigenvalue weighted by Crippen LogP contribution is 2.27. The molecule has 3 heterocycles. The van der Waals surface area contributed by atoms with Crippen molar-refractivity contribution < 1.29 is 26.8 Å². The topological polar surface area (TPSA) is 125 Å². The number of amides is 3. The van der Waals surface area contributed by atoms with E-state index < -0.39 is 39.8 Å². The lowest BCUT2D eigenvalue weighted by atomic mass is 10.0. The lowest BCUT2D eigenvalue weighted by Gasteiger charge is -2.26. The number of thiazole rings is 1. The summed E-state index contributed by atoms with van der Waals surface area (Å²) < 4.78 is 57.5. The molecule has 5 rings (SSSR count). The van der Waals surface area contributed by atoms with Crippen LogP contribution in [0.4, 0.5) is 25.1 Å². The molecule has 2 aromatic heterocycles. The summed E-state index contributed by atoms with van der Waals surface area (Å²) in [5.74, 6) is -2.15. The molecule has 2 N–H and O–H groups in total.